The average molecular weight is 347 g/mol. The lowest BCUT2D eigenvalue weighted by atomic mass is 10.2. The second kappa shape index (κ2) is 6.76. The summed E-state index contributed by atoms with van der Waals surface area (Å²) in [4.78, 5) is 24.1. The molecule has 2 aromatic carbocycles. The van der Waals surface area contributed by atoms with Gasteiger partial charge in [-0.05, 0) is 54.6 Å². The van der Waals surface area contributed by atoms with Crippen molar-refractivity contribution in [3.8, 4) is 11.4 Å². The zero-order chi connectivity index (χ0) is 17.9. The summed E-state index contributed by atoms with van der Waals surface area (Å²) in [6.07, 6.45) is 4.20. The van der Waals surface area contributed by atoms with Crippen molar-refractivity contribution in [2.45, 2.75) is 6.42 Å². The summed E-state index contributed by atoms with van der Waals surface area (Å²) in [5.41, 5.74) is 2.69. The molecule has 0 saturated heterocycles. The molecular weight excluding hydrogens is 330 g/mol. The SMILES string of the molecule is O=C1CCOc2ccc(NC(=O)c3ccc(-n4cccc4)cc3)cc2N1. The number of rotatable bonds is 3. The van der Waals surface area contributed by atoms with Crippen molar-refractivity contribution >= 4 is 23.2 Å². The molecule has 0 unspecified atom stereocenters. The molecule has 0 radical (unpaired) electrons. The Kier molecular flexibility index (Phi) is 4.15. The molecule has 130 valence electrons. The van der Waals surface area contributed by atoms with E-state index in [9.17, 15) is 9.59 Å². The number of hydrogen-bond donors (Lipinski definition) is 2. The van der Waals surface area contributed by atoms with Crippen LogP contribution in [0.1, 0.15) is 16.8 Å². The minimum Gasteiger partial charge on any atom is -0.491 e. The number of fused-ring (bicyclic) bond motifs is 1. The highest BCUT2D eigenvalue weighted by Gasteiger charge is 2.15. The van der Waals surface area contributed by atoms with Crippen LogP contribution in [0, 0.1) is 0 Å². The fourth-order valence-corrected chi connectivity index (χ4v) is 2.79. The summed E-state index contributed by atoms with van der Waals surface area (Å²) < 4.78 is 7.48. The molecule has 0 fully saturated rings. The van der Waals surface area contributed by atoms with Crippen LogP contribution in [0.2, 0.25) is 0 Å². The third kappa shape index (κ3) is 3.30. The van der Waals surface area contributed by atoms with E-state index in [0.717, 1.165) is 5.69 Å². The highest BCUT2D eigenvalue weighted by atomic mass is 16.5. The van der Waals surface area contributed by atoms with Gasteiger partial charge in [0.25, 0.3) is 5.91 Å². The van der Waals surface area contributed by atoms with Crippen LogP contribution in [0.4, 0.5) is 11.4 Å². The summed E-state index contributed by atoms with van der Waals surface area (Å²) in [6.45, 7) is 0.346. The smallest absolute Gasteiger partial charge is 0.255 e. The number of anilines is 2. The Labute approximate surface area is 150 Å². The van der Waals surface area contributed by atoms with Crippen molar-refractivity contribution in [3.05, 3.63) is 72.6 Å². The summed E-state index contributed by atoms with van der Waals surface area (Å²) >= 11 is 0. The van der Waals surface area contributed by atoms with E-state index < -0.39 is 0 Å². The first kappa shape index (κ1) is 16.0. The first-order chi connectivity index (χ1) is 12.7. The molecule has 0 spiro atoms. The highest BCUT2D eigenvalue weighted by Crippen LogP contribution is 2.30. The zero-order valence-electron chi connectivity index (χ0n) is 13.9. The molecule has 26 heavy (non-hydrogen) atoms. The number of hydrogen-bond acceptors (Lipinski definition) is 3. The van der Waals surface area contributed by atoms with E-state index in [2.05, 4.69) is 10.6 Å². The Morgan fingerprint density at radius 2 is 1.85 bits per heavy atom. The number of nitrogens with zero attached hydrogens (tertiary/aromatic N) is 1. The lowest BCUT2D eigenvalue weighted by molar-refractivity contribution is -0.116. The largest absolute Gasteiger partial charge is 0.491 e. The van der Waals surface area contributed by atoms with E-state index in [1.54, 1.807) is 30.3 Å². The van der Waals surface area contributed by atoms with Gasteiger partial charge in [-0.2, -0.15) is 0 Å². The van der Waals surface area contributed by atoms with Gasteiger partial charge in [0.1, 0.15) is 5.75 Å². The molecule has 0 aliphatic carbocycles. The van der Waals surface area contributed by atoms with E-state index in [-0.39, 0.29) is 11.8 Å². The lowest BCUT2D eigenvalue weighted by Gasteiger charge is -2.11. The molecule has 2 heterocycles. The molecule has 4 rings (SSSR count). The number of aromatic nitrogens is 1. The summed E-state index contributed by atoms with van der Waals surface area (Å²) in [5.74, 6) is 0.280. The van der Waals surface area contributed by atoms with Crippen LogP contribution in [0.15, 0.2) is 67.0 Å². The molecule has 2 amide bonds. The van der Waals surface area contributed by atoms with Crippen molar-refractivity contribution in [1.29, 1.82) is 0 Å². The van der Waals surface area contributed by atoms with Crippen LogP contribution >= 0.6 is 0 Å². The second-order valence-electron chi connectivity index (χ2n) is 5.95. The molecule has 1 aromatic heterocycles. The van der Waals surface area contributed by atoms with Gasteiger partial charge in [-0.25, -0.2) is 0 Å². The zero-order valence-corrected chi connectivity index (χ0v) is 13.9. The molecule has 6 heteroatoms. The molecule has 0 atom stereocenters. The van der Waals surface area contributed by atoms with E-state index in [1.807, 2.05) is 41.2 Å². The Bertz CT molecular complexity index is 947. The predicted molar refractivity (Wildman–Crippen MR) is 98.9 cm³/mol. The fraction of sp³-hybridized carbons (Fsp3) is 0.100. The van der Waals surface area contributed by atoms with Gasteiger partial charge in [0.2, 0.25) is 5.91 Å². The van der Waals surface area contributed by atoms with E-state index in [0.29, 0.717) is 35.7 Å². The molecule has 1 aliphatic heterocycles. The third-order valence-corrected chi connectivity index (χ3v) is 4.13. The summed E-state index contributed by atoms with van der Waals surface area (Å²) in [5, 5.41) is 5.63. The predicted octanol–water partition coefficient (Wildman–Crippen LogP) is 3.45. The Morgan fingerprint density at radius 3 is 2.62 bits per heavy atom. The summed E-state index contributed by atoms with van der Waals surface area (Å²) in [6, 6.07) is 16.4. The first-order valence-corrected chi connectivity index (χ1v) is 8.30. The highest BCUT2D eigenvalue weighted by molar-refractivity contribution is 6.05. The fourth-order valence-electron chi connectivity index (χ4n) is 2.79. The van der Waals surface area contributed by atoms with E-state index in [4.69, 9.17) is 4.74 Å². The van der Waals surface area contributed by atoms with E-state index >= 15 is 0 Å². The van der Waals surface area contributed by atoms with Gasteiger partial charge in [0.05, 0.1) is 18.7 Å². The van der Waals surface area contributed by atoms with Crippen LogP contribution in [0.3, 0.4) is 0 Å². The van der Waals surface area contributed by atoms with Crippen molar-refractivity contribution in [2.75, 3.05) is 17.2 Å². The van der Waals surface area contributed by atoms with E-state index in [1.165, 1.54) is 0 Å². The molecular formula is C20H17N3O3. The van der Waals surface area contributed by atoms with Gasteiger partial charge in [-0.3, -0.25) is 9.59 Å². The Balaban J connectivity index is 1.50. The Hall–Kier alpha value is -3.54. The number of carbonyl (C=O) groups excluding carboxylic acids is 2. The van der Waals surface area contributed by atoms with Crippen molar-refractivity contribution in [2.24, 2.45) is 0 Å². The van der Waals surface area contributed by atoms with Crippen molar-refractivity contribution in [1.82, 2.24) is 4.57 Å². The van der Waals surface area contributed by atoms with Crippen LogP contribution in [0.5, 0.6) is 5.75 Å². The first-order valence-electron chi connectivity index (χ1n) is 8.30. The molecule has 6 nitrogen and oxygen atoms in total. The van der Waals surface area contributed by atoms with Gasteiger partial charge >= 0.3 is 0 Å². The quantitative estimate of drug-likeness (QED) is 0.762. The number of nitrogens with one attached hydrogen (secondary N) is 2. The van der Waals surface area contributed by atoms with Gasteiger partial charge in [0.15, 0.2) is 0 Å². The minimum atomic E-state index is -0.218. The number of ether oxygens (including phenoxy) is 1. The minimum absolute atomic E-state index is 0.104. The third-order valence-electron chi connectivity index (χ3n) is 4.13. The number of amides is 2. The summed E-state index contributed by atoms with van der Waals surface area (Å²) in [7, 11) is 0. The number of benzene rings is 2. The Morgan fingerprint density at radius 1 is 1.08 bits per heavy atom. The monoisotopic (exact) mass is 347 g/mol. The van der Waals surface area contributed by atoms with Gasteiger partial charge in [-0.15, -0.1) is 0 Å². The normalized spacial score (nSPS) is 13.2. The molecule has 0 saturated carbocycles. The maximum absolute atomic E-state index is 12.5. The standard InChI is InChI=1S/C20H17N3O3/c24-19-9-12-26-18-8-5-15(13-17(18)22-19)21-20(25)14-3-6-16(7-4-14)23-10-1-2-11-23/h1-8,10-11,13H,9,12H2,(H,21,25)(H,22,24). The number of carbonyl (C=O) groups is 2. The van der Waals surface area contributed by atoms with Crippen LogP contribution in [0.25, 0.3) is 5.69 Å². The van der Waals surface area contributed by atoms with Crippen LogP contribution in [-0.4, -0.2) is 23.0 Å². The van der Waals surface area contributed by atoms with Gasteiger partial charge < -0.3 is 19.9 Å². The molecule has 1 aliphatic rings. The second-order valence-corrected chi connectivity index (χ2v) is 5.95. The van der Waals surface area contributed by atoms with Crippen molar-refractivity contribution < 1.29 is 14.3 Å². The van der Waals surface area contributed by atoms with Crippen LogP contribution < -0.4 is 15.4 Å². The molecule has 0 bridgehead atoms. The molecule has 2 N–H and O–H groups in total. The maximum atomic E-state index is 12.5. The molecule has 3 aromatic rings. The average Bonchev–Trinajstić information content (AvgIpc) is 3.11. The van der Waals surface area contributed by atoms with Gasteiger partial charge in [-0.1, -0.05) is 0 Å². The lowest BCUT2D eigenvalue weighted by Crippen LogP contribution is -2.13. The van der Waals surface area contributed by atoms with Gasteiger partial charge in [0, 0.05) is 29.3 Å². The topological polar surface area (TPSA) is 72.4 Å². The van der Waals surface area contributed by atoms with Crippen LogP contribution in [-0.2, 0) is 4.79 Å². The maximum Gasteiger partial charge on any atom is 0.255 e. The van der Waals surface area contributed by atoms with Crippen molar-refractivity contribution in [3.63, 3.8) is 0 Å².